The minimum absolute atomic E-state index is 0.00729. The highest BCUT2D eigenvalue weighted by atomic mass is 19.1. The molecule has 1 amide bonds. The van der Waals surface area contributed by atoms with E-state index in [4.69, 9.17) is 4.74 Å². The van der Waals surface area contributed by atoms with Crippen LogP contribution in [0.2, 0.25) is 0 Å². The molecule has 30 heavy (non-hydrogen) atoms. The molecule has 158 valence electrons. The Balaban J connectivity index is 1.20. The molecule has 1 N–H and O–H groups in total. The molecule has 2 aliphatic heterocycles. The Hall–Kier alpha value is -2.47. The van der Waals surface area contributed by atoms with Crippen LogP contribution in [0.25, 0.3) is 0 Å². The number of amides is 1. The Bertz CT molecular complexity index is 947. The highest BCUT2D eigenvalue weighted by molar-refractivity contribution is 5.92. The van der Waals surface area contributed by atoms with E-state index in [0.717, 1.165) is 56.4 Å². The van der Waals surface area contributed by atoms with Crippen molar-refractivity contribution in [2.24, 2.45) is 5.41 Å². The number of hydrogen-bond acceptors (Lipinski definition) is 4. The minimum atomic E-state index is -0.144. The van der Waals surface area contributed by atoms with Gasteiger partial charge in [-0.3, -0.25) is 4.79 Å². The molecule has 5 nitrogen and oxygen atoms in total. The first-order valence-electron chi connectivity index (χ1n) is 10.8. The highest BCUT2D eigenvalue weighted by Gasteiger charge is 2.39. The van der Waals surface area contributed by atoms with E-state index in [1.165, 1.54) is 5.56 Å². The fraction of sp³-hybridized carbons (Fsp3) is 0.500. The fourth-order valence-electron chi connectivity index (χ4n) is 5.09. The first kappa shape index (κ1) is 19.5. The number of likely N-dealkylation sites (tertiary alicyclic amines) is 1. The second kappa shape index (κ2) is 7.34. The third-order valence-electron chi connectivity index (χ3n) is 7.04. The number of pyridine rings is 1. The van der Waals surface area contributed by atoms with Gasteiger partial charge in [-0.15, -0.1) is 0 Å². The molecule has 3 aliphatic rings. The maximum absolute atomic E-state index is 13.5. The molecule has 0 saturated carbocycles. The molecule has 0 atom stereocenters. The number of fused-ring (bicyclic) bond motifs is 1. The Morgan fingerprint density at radius 3 is 2.60 bits per heavy atom. The topological polar surface area (TPSA) is 54.5 Å². The third kappa shape index (κ3) is 3.69. The van der Waals surface area contributed by atoms with Crippen LogP contribution in [-0.2, 0) is 17.6 Å². The van der Waals surface area contributed by atoms with E-state index in [9.17, 15) is 9.18 Å². The van der Waals surface area contributed by atoms with Crippen molar-refractivity contribution in [1.29, 1.82) is 0 Å². The lowest BCUT2D eigenvalue weighted by Gasteiger charge is -2.44. The quantitative estimate of drug-likeness (QED) is 0.837. The van der Waals surface area contributed by atoms with E-state index in [2.05, 4.69) is 17.2 Å². The molecule has 3 heterocycles. The van der Waals surface area contributed by atoms with Gasteiger partial charge in [0.25, 0.3) is 5.91 Å². The van der Waals surface area contributed by atoms with Gasteiger partial charge in [-0.2, -0.15) is 0 Å². The van der Waals surface area contributed by atoms with Crippen molar-refractivity contribution in [3.63, 3.8) is 0 Å². The number of halogens is 1. The van der Waals surface area contributed by atoms with Gasteiger partial charge >= 0.3 is 0 Å². The average molecular weight is 410 g/mol. The molecule has 0 bridgehead atoms. The summed E-state index contributed by atoms with van der Waals surface area (Å²) in [6.07, 6.45) is 6.72. The summed E-state index contributed by atoms with van der Waals surface area (Å²) < 4.78 is 18.8. The Morgan fingerprint density at radius 1 is 1.13 bits per heavy atom. The highest BCUT2D eigenvalue weighted by Crippen LogP contribution is 2.43. The van der Waals surface area contributed by atoms with Gasteiger partial charge in [-0.1, -0.05) is 6.07 Å². The predicted molar refractivity (Wildman–Crippen MR) is 113 cm³/mol. The Morgan fingerprint density at radius 2 is 1.93 bits per heavy atom. The summed E-state index contributed by atoms with van der Waals surface area (Å²) in [7, 11) is 0. The van der Waals surface area contributed by atoms with E-state index in [0.29, 0.717) is 18.9 Å². The van der Waals surface area contributed by atoms with Crippen LogP contribution in [0.4, 0.5) is 10.1 Å². The van der Waals surface area contributed by atoms with Crippen molar-refractivity contribution in [1.82, 2.24) is 9.88 Å². The first-order valence-corrected chi connectivity index (χ1v) is 10.8. The molecule has 2 fully saturated rings. The second-order valence-corrected chi connectivity index (χ2v) is 9.49. The zero-order valence-corrected chi connectivity index (χ0v) is 17.4. The van der Waals surface area contributed by atoms with Crippen LogP contribution in [-0.4, -0.2) is 47.6 Å². The summed E-state index contributed by atoms with van der Waals surface area (Å²) in [6, 6.07) is 8.93. The lowest BCUT2D eigenvalue weighted by Crippen LogP contribution is -2.53. The minimum Gasteiger partial charge on any atom is -0.376 e. The van der Waals surface area contributed by atoms with Crippen LogP contribution in [0.3, 0.4) is 0 Å². The number of aryl methyl sites for hydroxylation is 1. The molecule has 1 aliphatic carbocycles. The van der Waals surface area contributed by atoms with Crippen LogP contribution >= 0.6 is 0 Å². The number of hydrogen-bond donors (Lipinski definition) is 1. The second-order valence-electron chi connectivity index (χ2n) is 9.49. The van der Waals surface area contributed by atoms with Crippen LogP contribution in [0.5, 0.6) is 0 Å². The van der Waals surface area contributed by atoms with Gasteiger partial charge in [-0.25, -0.2) is 9.37 Å². The summed E-state index contributed by atoms with van der Waals surface area (Å²) in [5.74, 6) is -0.137. The summed E-state index contributed by atoms with van der Waals surface area (Å²) in [6.45, 7) is 4.99. The van der Waals surface area contributed by atoms with Gasteiger partial charge < -0.3 is 15.0 Å². The molecule has 0 radical (unpaired) electrons. The van der Waals surface area contributed by atoms with Crippen molar-refractivity contribution in [3.8, 4) is 0 Å². The maximum Gasteiger partial charge on any atom is 0.272 e. The number of rotatable bonds is 3. The molecule has 0 unspecified atom stereocenters. The number of carbonyl (C=O) groups is 1. The lowest BCUT2D eigenvalue weighted by atomic mass is 9.66. The predicted octanol–water partition coefficient (Wildman–Crippen LogP) is 3.83. The van der Waals surface area contributed by atoms with Crippen molar-refractivity contribution in [2.45, 2.75) is 44.6 Å². The molecule has 2 saturated heterocycles. The number of piperidine rings is 1. The Kier molecular flexibility index (Phi) is 4.77. The largest absolute Gasteiger partial charge is 0.376 e. The van der Waals surface area contributed by atoms with Crippen LogP contribution in [0.15, 0.2) is 36.5 Å². The van der Waals surface area contributed by atoms with Crippen molar-refractivity contribution < 1.29 is 13.9 Å². The number of ether oxygens (including phenoxy) is 1. The monoisotopic (exact) mass is 409 g/mol. The number of carbonyl (C=O) groups excluding carboxylic acids is 1. The third-order valence-corrected chi connectivity index (χ3v) is 7.04. The van der Waals surface area contributed by atoms with Crippen molar-refractivity contribution in [3.05, 3.63) is 59.2 Å². The van der Waals surface area contributed by atoms with E-state index < -0.39 is 0 Å². The van der Waals surface area contributed by atoms with Crippen LogP contribution in [0, 0.1) is 11.2 Å². The summed E-state index contributed by atoms with van der Waals surface area (Å²) in [4.78, 5) is 19.3. The normalized spacial score (nSPS) is 21.6. The molecule has 5 rings (SSSR count). The van der Waals surface area contributed by atoms with Gasteiger partial charge in [0.2, 0.25) is 0 Å². The molecule has 1 aromatic heterocycles. The number of nitrogens with zero attached hydrogens (tertiary/aromatic N) is 2. The SMILES string of the molecule is CC1(Nc2ccc(C(=O)N3CCC4(CCc5cc(F)ccc5C4)CC3)nc2)COC1. The fourth-order valence-corrected chi connectivity index (χ4v) is 5.09. The van der Waals surface area contributed by atoms with Crippen LogP contribution < -0.4 is 5.32 Å². The molecular formula is C24H28FN3O2. The Labute approximate surface area is 176 Å². The zero-order valence-electron chi connectivity index (χ0n) is 17.4. The van der Waals surface area contributed by atoms with Crippen molar-refractivity contribution >= 4 is 11.6 Å². The molecule has 6 heteroatoms. The molecular weight excluding hydrogens is 381 g/mol. The summed E-state index contributed by atoms with van der Waals surface area (Å²) >= 11 is 0. The molecule has 2 aromatic rings. The first-order chi connectivity index (χ1) is 14.4. The number of nitrogens with one attached hydrogen (secondary N) is 1. The number of benzene rings is 1. The summed E-state index contributed by atoms with van der Waals surface area (Å²) in [5.41, 5.74) is 4.03. The number of aromatic nitrogens is 1. The standard InChI is InChI=1S/C24H28FN3O2/c1-23(15-30-16-23)27-20-4-5-21(26-14-20)22(29)28-10-8-24(9-11-28)7-6-17-12-19(25)3-2-18(17)13-24/h2-5,12,14,27H,6-11,13,15-16H2,1H3. The lowest BCUT2D eigenvalue weighted by molar-refractivity contribution is -0.0318. The van der Waals surface area contributed by atoms with Gasteiger partial charge in [-0.05, 0) is 79.8 Å². The average Bonchev–Trinajstić information content (AvgIpc) is 2.74. The summed E-state index contributed by atoms with van der Waals surface area (Å²) in [5, 5.41) is 3.41. The van der Waals surface area contributed by atoms with Gasteiger partial charge in [0.1, 0.15) is 11.5 Å². The molecule has 1 spiro atoms. The van der Waals surface area contributed by atoms with Crippen molar-refractivity contribution in [2.75, 3.05) is 31.6 Å². The smallest absolute Gasteiger partial charge is 0.272 e. The number of anilines is 1. The van der Waals surface area contributed by atoms with Gasteiger partial charge in [0.05, 0.1) is 30.6 Å². The van der Waals surface area contributed by atoms with Gasteiger partial charge in [0.15, 0.2) is 0 Å². The molecule has 1 aromatic carbocycles. The van der Waals surface area contributed by atoms with E-state index in [1.54, 1.807) is 18.3 Å². The van der Waals surface area contributed by atoms with E-state index in [-0.39, 0.29) is 22.7 Å². The van der Waals surface area contributed by atoms with E-state index >= 15 is 0 Å². The van der Waals surface area contributed by atoms with E-state index in [1.807, 2.05) is 23.1 Å². The zero-order chi connectivity index (χ0) is 20.8. The maximum atomic E-state index is 13.5. The van der Waals surface area contributed by atoms with Crippen LogP contribution in [0.1, 0.15) is 47.8 Å². The van der Waals surface area contributed by atoms with Gasteiger partial charge in [0, 0.05) is 13.1 Å².